The van der Waals surface area contributed by atoms with Gasteiger partial charge in [0.15, 0.2) is 0 Å². The highest BCUT2D eigenvalue weighted by Gasteiger charge is 2.14. The normalized spacial score (nSPS) is 11.6. The fourth-order valence-corrected chi connectivity index (χ4v) is 2.68. The number of rotatable bonds is 2. The lowest BCUT2D eigenvalue weighted by Gasteiger charge is -2.09. The highest BCUT2D eigenvalue weighted by atomic mass is 16.3. The summed E-state index contributed by atoms with van der Waals surface area (Å²) >= 11 is 0. The van der Waals surface area contributed by atoms with Gasteiger partial charge in [-0.15, -0.1) is 0 Å². The fraction of sp³-hybridized carbons (Fsp3) is 0.333. The molecule has 0 fully saturated rings. The molecule has 3 rings (SSSR count). The molecule has 0 radical (unpaired) electrons. The maximum atomic E-state index is 9.25. The summed E-state index contributed by atoms with van der Waals surface area (Å²) in [5.41, 5.74) is 5.14. The largest absolute Gasteiger partial charge is 0.395 e. The summed E-state index contributed by atoms with van der Waals surface area (Å²) in [4.78, 5) is 9.28. The minimum Gasteiger partial charge on any atom is -0.395 e. The number of para-hydroxylation sites is 1. The third kappa shape index (κ3) is 1.71. The Balaban J connectivity index is 2.54. The van der Waals surface area contributed by atoms with Crippen LogP contribution in [-0.2, 0) is 6.54 Å². The number of aliphatic hydroxyl groups excluding tert-OH is 1. The first-order chi connectivity index (χ1) is 9.13. The van der Waals surface area contributed by atoms with Gasteiger partial charge in [-0.2, -0.15) is 0 Å². The van der Waals surface area contributed by atoms with Gasteiger partial charge in [0.25, 0.3) is 0 Å². The Hall–Kier alpha value is -1.94. The second-order valence-corrected chi connectivity index (χ2v) is 4.90. The Morgan fingerprint density at radius 3 is 2.63 bits per heavy atom. The molecule has 0 amide bonds. The van der Waals surface area contributed by atoms with Crippen LogP contribution >= 0.6 is 0 Å². The number of nitrogens with zero attached hydrogens (tertiary/aromatic N) is 3. The van der Waals surface area contributed by atoms with E-state index in [1.165, 1.54) is 0 Å². The monoisotopic (exact) mass is 255 g/mol. The van der Waals surface area contributed by atoms with Gasteiger partial charge in [0.05, 0.1) is 23.3 Å². The Morgan fingerprint density at radius 1 is 1.11 bits per heavy atom. The maximum Gasteiger partial charge on any atom is 0.111 e. The number of benzene rings is 1. The van der Waals surface area contributed by atoms with Crippen molar-refractivity contribution in [1.29, 1.82) is 0 Å². The average molecular weight is 255 g/mol. The van der Waals surface area contributed by atoms with Crippen molar-refractivity contribution in [2.75, 3.05) is 6.61 Å². The maximum absolute atomic E-state index is 9.25. The van der Waals surface area contributed by atoms with Crippen molar-refractivity contribution in [3.8, 4) is 0 Å². The van der Waals surface area contributed by atoms with E-state index in [1.807, 2.05) is 19.9 Å². The van der Waals surface area contributed by atoms with E-state index in [-0.39, 0.29) is 6.61 Å². The molecule has 4 nitrogen and oxygen atoms in total. The highest BCUT2D eigenvalue weighted by Crippen LogP contribution is 2.28. The number of aromatic nitrogens is 3. The molecule has 0 aliphatic heterocycles. The molecule has 0 atom stereocenters. The smallest absolute Gasteiger partial charge is 0.111 e. The van der Waals surface area contributed by atoms with Crippen molar-refractivity contribution >= 4 is 21.9 Å². The van der Waals surface area contributed by atoms with Gasteiger partial charge in [0, 0.05) is 11.9 Å². The van der Waals surface area contributed by atoms with Gasteiger partial charge in [0.1, 0.15) is 11.3 Å². The van der Waals surface area contributed by atoms with Gasteiger partial charge >= 0.3 is 0 Å². The second-order valence-electron chi connectivity index (χ2n) is 4.90. The summed E-state index contributed by atoms with van der Waals surface area (Å²) < 4.78 is 2.08. The molecular formula is C15H17N3O. The van der Waals surface area contributed by atoms with Gasteiger partial charge in [-0.3, -0.25) is 4.98 Å². The van der Waals surface area contributed by atoms with E-state index in [2.05, 4.69) is 33.6 Å². The predicted molar refractivity (Wildman–Crippen MR) is 76.3 cm³/mol. The Morgan fingerprint density at radius 2 is 1.89 bits per heavy atom. The summed E-state index contributed by atoms with van der Waals surface area (Å²) in [6.45, 7) is 6.71. The van der Waals surface area contributed by atoms with Gasteiger partial charge < -0.3 is 9.67 Å². The van der Waals surface area contributed by atoms with Crippen LogP contribution in [0, 0.1) is 20.8 Å². The third-order valence-electron chi connectivity index (χ3n) is 3.60. The van der Waals surface area contributed by atoms with Gasteiger partial charge in [-0.25, -0.2) is 4.98 Å². The van der Waals surface area contributed by atoms with Crippen LogP contribution in [0.15, 0.2) is 18.2 Å². The SMILES string of the molecule is Cc1cccc2c1nc(C)c1nc(C)n(CCO)c12. The summed E-state index contributed by atoms with van der Waals surface area (Å²) in [6, 6.07) is 6.19. The first kappa shape index (κ1) is 12.1. The number of pyridine rings is 1. The summed E-state index contributed by atoms with van der Waals surface area (Å²) in [7, 11) is 0. The van der Waals surface area contributed by atoms with Crippen LogP contribution < -0.4 is 0 Å². The lowest BCUT2D eigenvalue weighted by Crippen LogP contribution is -2.04. The second kappa shape index (κ2) is 4.31. The topological polar surface area (TPSA) is 50.9 Å². The molecule has 0 aliphatic rings. The quantitative estimate of drug-likeness (QED) is 0.765. The van der Waals surface area contributed by atoms with Crippen molar-refractivity contribution in [1.82, 2.24) is 14.5 Å². The van der Waals surface area contributed by atoms with Crippen LogP contribution in [0.1, 0.15) is 17.1 Å². The van der Waals surface area contributed by atoms with E-state index >= 15 is 0 Å². The van der Waals surface area contributed by atoms with Gasteiger partial charge in [-0.1, -0.05) is 18.2 Å². The van der Waals surface area contributed by atoms with Gasteiger partial charge in [0.2, 0.25) is 0 Å². The first-order valence-corrected chi connectivity index (χ1v) is 6.47. The third-order valence-corrected chi connectivity index (χ3v) is 3.60. The molecule has 19 heavy (non-hydrogen) atoms. The number of imidazole rings is 1. The lowest BCUT2D eigenvalue weighted by molar-refractivity contribution is 0.277. The highest BCUT2D eigenvalue weighted by molar-refractivity contribution is 6.04. The van der Waals surface area contributed by atoms with Crippen molar-refractivity contribution in [3.05, 3.63) is 35.3 Å². The number of hydrogen-bond acceptors (Lipinski definition) is 3. The van der Waals surface area contributed by atoms with E-state index in [0.717, 1.165) is 39.0 Å². The lowest BCUT2D eigenvalue weighted by atomic mass is 10.1. The molecule has 3 aromatic rings. The van der Waals surface area contributed by atoms with Crippen molar-refractivity contribution in [3.63, 3.8) is 0 Å². The van der Waals surface area contributed by atoms with E-state index in [1.54, 1.807) is 0 Å². The predicted octanol–water partition coefficient (Wildman–Crippen LogP) is 2.50. The van der Waals surface area contributed by atoms with Crippen LogP contribution in [0.5, 0.6) is 0 Å². The molecule has 0 aliphatic carbocycles. The van der Waals surface area contributed by atoms with Crippen LogP contribution in [0.25, 0.3) is 21.9 Å². The number of fused-ring (bicyclic) bond motifs is 3. The molecule has 2 aromatic heterocycles. The van der Waals surface area contributed by atoms with Crippen molar-refractivity contribution in [2.45, 2.75) is 27.3 Å². The zero-order valence-electron chi connectivity index (χ0n) is 11.4. The van der Waals surface area contributed by atoms with E-state index in [9.17, 15) is 5.11 Å². The fourth-order valence-electron chi connectivity index (χ4n) is 2.68. The average Bonchev–Trinajstić information content (AvgIpc) is 2.70. The van der Waals surface area contributed by atoms with Gasteiger partial charge in [-0.05, 0) is 26.3 Å². The Labute approximate surface area is 111 Å². The molecule has 0 spiro atoms. The standard InChI is InChI=1S/C15H17N3O/c1-9-5-4-6-12-13(9)16-10(2)14-15(12)18(7-8-19)11(3)17-14/h4-6,19H,7-8H2,1-3H3. The summed E-state index contributed by atoms with van der Waals surface area (Å²) in [6.07, 6.45) is 0. The molecule has 2 heterocycles. The zero-order valence-corrected chi connectivity index (χ0v) is 11.4. The molecule has 0 bridgehead atoms. The summed E-state index contributed by atoms with van der Waals surface area (Å²) in [5, 5.41) is 10.4. The van der Waals surface area contributed by atoms with Crippen molar-refractivity contribution in [2.24, 2.45) is 0 Å². The van der Waals surface area contributed by atoms with Crippen LogP contribution in [0.4, 0.5) is 0 Å². The van der Waals surface area contributed by atoms with E-state index < -0.39 is 0 Å². The summed E-state index contributed by atoms with van der Waals surface area (Å²) in [5.74, 6) is 0.919. The Bertz CT molecular complexity index is 774. The molecule has 0 saturated heterocycles. The molecule has 0 unspecified atom stereocenters. The molecule has 0 saturated carbocycles. The van der Waals surface area contributed by atoms with Crippen molar-refractivity contribution < 1.29 is 5.11 Å². The minimum absolute atomic E-state index is 0.112. The van der Waals surface area contributed by atoms with Crippen LogP contribution in [0.2, 0.25) is 0 Å². The van der Waals surface area contributed by atoms with Crippen LogP contribution in [0.3, 0.4) is 0 Å². The molecule has 98 valence electrons. The van der Waals surface area contributed by atoms with Crippen LogP contribution in [-0.4, -0.2) is 26.2 Å². The molecule has 4 heteroatoms. The van der Waals surface area contributed by atoms with E-state index in [4.69, 9.17) is 0 Å². The number of aryl methyl sites for hydroxylation is 3. The molecular weight excluding hydrogens is 238 g/mol. The molecule has 1 N–H and O–H groups in total. The first-order valence-electron chi connectivity index (χ1n) is 6.47. The molecule has 1 aromatic carbocycles. The number of hydrogen-bond donors (Lipinski definition) is 1. The number of aliphatic hydroxyl groups is 1. The zero-order chi connectivity index (χ0) is 13.6. The minimum atomic E-state index is 0.112. The Kier molecular flexibility index (Phi) is 2.75. The van der Waals surface area contributed by atoms with E-state index in [0.29, 0.717) is 6.54 Å².